The Kier molecular flexibility index (Phi) is 0.398. The summed E-state index contributed by atoms with van der Waals surface area (Å²) in [4.78, 5) is 0. The molecule has 0 aliphatic heterocycles. The van der Waals surface area contributed by atoms with E-state index < -0.39 is 0 Å². The van der Waals surface area contributed by atoms with Crippen LogP contribution >= 0.6 is 0 Å². The van der Waals surface area contributed by atoms with Gasteiger partial charge in [-0.1, -0.05) is 0 Å². The quantitative estimate of drug-likeness (QED) is 0.507. The Morgan fingerprint density at radius 2 is 1.25 bits per heavy atom. The SMILES string of the molecule is C1CC23C1C1C4C5CCC52C4C13. The van der Waals surface area contributed by atoms with Gasteiger partial charge in [-0.25, -0.2) is 0 Å². The third kappa shape index (κ3) is 0.170. The lowest BCUT2D eigenvalue weighted by Crippen LogP contribution is -3.02. The molecule has 6 saturated carbocycles. The second kappa shape index (κ2) is 0.952. The van der Waals surface area contributed by atoms with E-state index in [1.165, 1.54) is 35.5 Å². The van der Waals surface area contributed by atoms with E-state index in [0.717, 1.165) is 10.8 Å². The standard InChI is InChI=1S/C12H14/c1-3-11-5(1)7-8-6-2-4-12(6,11)10(8)9(7)11/h5-10H,1-4H2. The first-order chi connectivity index (χ1) is 5.93. The molecule has 62 valence electrons. The zero-order valence-electron chi connectivity index (χ0n) is 7.29. The van der Waals surface area contributed by atoms with E-state index in [0.29, 0.717) is 0 Å². The molecule has 0 bridgehead atoms. The van der Waals surface area contributed by atoms with Crippen LogP contribution in [0.25, 0.3) is 0 Å². The molecule has 12 heavy (non-hydrogen) atoms. The molecular weight excluding hydrogens is 144 g/mol. The fourth-order valence-electron chi connectivity index (χ4n) is 7.76. The van der Waals surface area contributed by atoms with Crippen LogP contribution in [0, 0.1) is 46.3 Å². The highest BCUT2D eigenvalue weighted by Crippen LogP contribution is 3.06. The number of fused-ring (bicyclic) bond motifs is 3. The number of rotatable bonds is 0. The fraction of sp³-hybridized carbons (Fsp3) is 1.00. The maximum atomic E-state index is 1.67. The lowest BCUT2D eigenvalue weighted by Gasteiger charge is -3.06. The third-order valence-electron chi connectivity index (χ3n) is 7.71. The van der Waals surface area contributed by atoms with Crippen molar-refractivity contribution < 1.29 is 0 Å². The summed E-state index contributed by atoms with van der Waals surface area (Å²) in [5.41, 5.74) is 2.08. The zero-order valence-corrected chi connectivity index (χ0v) is 7.29. The summed E-state index contributed by atoms with van der Waals surface area (Å²) in [7, 11) is 0. The van der Waals surface area contributed by atoms with Gasteiger partial charge in [-0.15, -0.1) is 0 Å². The largest absolute Gasteiger partial charge is 0.0490 e. The van der Waals surface area contributed by atoms with Crippen LogP contribution in [0.5, 0.6) is 0 Å². The molecule has 0 amide bonds. The van der Waals surface area contributed by atoms with Crippen LogP contribution in [-0.2, 0) is 0 Å². The van der Waals surface area contributed by atoms with Crippen LogP contribution in [0.2, 0.25) is 0 Å². The second-order valence-corrected chi connectivity index (χ2v) is 6.58. The van der Waals surface area contributed by atoms with Gasteiger partial charge < -0.3 is 0 Å². The van der Waals surface area contributed by atoms with Crippen molar-refractivity contribution in [1.82, 2.24) is 0 Å². The van der Waals surface area contributed by atoms with E-state index in [4.69, 9.17) is 0 Å². The molecule has 0 N–H and O–H groups in total. The Morgan fingerprint density at radius 3 is 1.50 bits per heavy atom. The van der Waals surface area contributed by atoms with E-state index in [2.05, 4.69) is 0 Å². The van der Waals surface area contributed by atoms with E-state index in [1.807, 2.05) is 0 Å². The molecule has 8 unspecified atom stereocenters. The van der Waals surface area contributed by atoms with Crippen molar-refractivity contribution in [1.29, 1.82) is 0 Å². The average Bonchev–Trinajstić information content (AvgIpc) is 1.94. The Balaban J connectivity index is 1.71. The van der Waals surface area contributed by atoms with E-state index in [9.17, 15) is 0 Å². The molecule has 8 atom stereocenters. The summed E-state index contributed by atoms with van der Waals surface area (Å²) in [6, 6.07) is 0. The molecule has 0 heterocycles. The molecular formula is C12H14. The third-order valence-corrected chi connectivity index (χ3v) is 7.71. The summed E-state index contributed by atoms with van der Waals surface area (Å²) < 4.78 is 0. The van der Waals surface area contributed by atoms with Crippen molar-refractivity contribution >= 4 is 0 Å². The van der Waals surface area contributed by atoms with Gasteiger partial charge in [0.2, 0.25) is 0 Å². The summed E-state index contributed by atoms with van der Waals surface area (Å²) in [5.74, 6) is 7.81. The van der Waals surface area contributed by atoms with Crippen molar-refractivity contribution in [3.05, 3.63) is 0 Å². The zero-order chi connectivity index (χ0) is 7.29. The van der Waals surface area contributed by atoms with Gasteiger partial charge in [0.05, 0.1) is 0 Å². The summed E-state index contributed by atoms with van der Waals surface area (Å²) >= 11 is 0. The summed E-state index contributed by atoms with van der Waals surface area (Å²) in [6.07, 6.45) is 6.61. The molecule has 6 rings (SSSR count). The van der Waals surface area contributed by atoms with E-state index in [1.54, 1.807) is 25.7 Å². The maximum Gasteiger partial charge on any atom is -0.0170 e. The predicted molar refractivity (Wildman–Crippen MR) is 44.3 cm³/mol. The Hall–Kier alpha value is 0. The van der Waals surface area contributed by atoms with Gasteiger partial charge in [0, 0.05) is 0 Å². The Labute approximate surface area is 72.7 Å². The van der Waals surface area contributed by atoms with E-state index in [-0.39, 0.29) is 0 Å². The molecule has 0 heteroatoms. The molecule has 0 aromatic rings. The Morgan fingerprint density at radius 1 is 0.750 bits per heavy atom. The first-order valence-electron chi connectivity index (χ1n) is 5.93. The van der Waals surface area contributed by atoms with Gasteiger partial charge in [-0.2, -0.15) is 0 Å². The lowest BCUT2D eigenvalue weighted by molar-refractivity contribution is -0.596. The smallest absolute Gasteiger partial charge is 0.0170 e. The predicted octanol–water partition coefficient (Wildman–Crippen LogP) is 2.30. The normalized spacial score (nSPS) is 94.0. The monoisotopic (exact) mass is 158 g/mol. The molecule has 0 aromatic carbocycles. The van der Waals surface area contributed by atoms with Crippen molar-refractivity contribution in [3.63, 3.8) is 0 Å². The van der Waals surface area contributed by atoms with Crippen LogP contribution in [0.15, 0.2) is 0 Å². The van der Waals surface area contributed by atoms with Gasteiger partial charge in [0.25, 0.3) is 0 Å². The number of hydrogen-bond acceptors (Lipinski definition) is 0. The van der Waals surface area contributed by atoms with Crippen LogP contribution < -0.4 is 0 Å². The van der Waals surface area contributed by atoms with Crippen LogP contribution in [0.1, 0.15) is 25.7 Å². The Bertz CT molecular complexity index is 278. The van der Waals surface area contributed by atoms with Crippen LogP contribution in [0.4, 0.5) is 0 Å². The van der Waals surface area contributed by atoms with E-state index >= 15 is 0 Å². The molecule has 0 radical (unpaired) electrons. The second-order valence-electron chi connectivity index (χ2n) is 6.58. The van der Waals surface area contributed by atoms with Crippen molar-refractivity contribution in [2.75, 3.05) is 0 Å². The minimum atomic E-state index is 1.04. The maximum absolute atomic E-state index is 1.67. The minimum absolute atomic E-state index is 1.04. The van der Waals surface area contributed by atoms with Gasteiger partial charge >= 0.3 is 0 Å². The topological polar surface area (TPSA) is 0 Å². The molecule has 6 aliphatic carbocycles. The summed E-state index contributed by atoms with van der Waals surface area (Å²) in [6.45, 7) is 0. The fourth-order valence-corrected chi connectivity index (χ4v) is 7.76. The van der Waals surface area contributed by atoms with Gasteiger partial charge in [-0.05, 0) is 72.0 Å². The van der Waals surface area contributed by atoms with Crippen LogP contribution in [0.3, 0.4) is 0 Å². The molecule has 6 aliphatic rings. The van der Waals surface area contributed by atoms with Gasteiger partial charge in [0.15, 0.2) is 0 Å². The molecule has 2 spiro atoms. The summed E-state index contributed by atoms with van der Waals surface area (Å²) in [5, 5.41) is 0. The van der Waals surface area contributed by atoms with Gasteiger partial charge in [0.1, 0.15) is 0 Å². The molecule has 0 nitrogen and oxygen atoms in total. The molecule has 0 aromatic heterocycles. The highest BCUT2D eigenvalue weighted by Gasteiger charge is 3.02. The highest BCUT2D eigenvalue weighted by atomic mass is 15.1. The van der Waals surface area contributed by atoms with Crippen molar-refractivity contribution in [3.8, 4) is 0 Å². The van der Waals surface area contributed by atoms with Crippen molar-refractivity contribution in [2.24, 2.45) is 46.3 Å². The van der Waals surface area contributed by atoms with Crippen molar-refractivity contribution in [2.45, 2.75) is 25.7 Å². The first-order valence-corrected chi connectivity index (χ1v) is 5.93. The number of hydrogen-bond donors (Lipinski definition) is 0. The molecule has 0 saturated heterocycles. The highest BCUT2D eigenvalue weighted by molar-refractivity contribution is 5.49. The average molecular weight is 158 g/mol. The first kappa shape index (κ1) is 5.02. The van der Waals surface area contributed by atoms with Gasteiger partial charge in [-0.3, -0.25) is 0 Å². The lowest BCUT2D eigenvalue weighted by atomic mass is 8.97. The molecule has 6 fully saturated rings. The minimum Gasteiger partial charge on any atom is -0.0490 e. The van der Waals surface area contributed by atoms with Crippen LogP contribution in [-0.4, -0.2) is 0 Å².